The molecule has 0 aromatic heterocycles. The number of nitrogens with one attached hydrogen (secondary N) is 1. The van der Waals surface area contributed by atoms with Crippen molar-refractivity contribution in [2.75, 3.05) is 17.4 Å². The number of rotatable bonds is 11. The zero-order valence-corrected chi connectivity index (χ0v) is 17.8. The van der Waals surface area contributed by atoms with Gasteiger partial charge in [0, 0.05) is 6.54 Å². The molecule has 2 aromatic rings. The summed E-state index contributed by atoms with van der Waals surface area (Å²) >= 11 is 0. The van der Waals surface area contributed by atoms with Crippen LogP contribution in [0.3, 0.4) is 0 Å². The van der Waals surface area contributed by atoms with E-state index in [2.05, 4.69) is 19.2 Å². The van der Waals surface area contributed by atoms with Crippen molar-refractivity contribution in [1.82, 2.24) is 5.32 Å². The fourth-order valence-electron chi connectivity index (χ4n) is 3.03. The Balaban J connectivity index is 2.19. The highest BCUT2D eigenvalue weighted by Crippen LogP contribution is 2.23. The molecular weight excluding hydrogens is 391 g/mol. The summed E-state index contributed by atoms with van der Waals surface area (Å²) in [5.41, 5.74) is 0.380. The van der Waals surface area contributed by atoms with Gasteiger partial charge < -0.3 is 5.32 Å². The molecule has 0 heterocycles. The van der Waals surface area contributed by atoms with E-state index in [9.17, 15) is 17.6 Å². The predicted molar refractivity (Wildman–Crippen MR) is 114 cm³/mol. The highest BCUT2D eigenvalue weighted by Gasteiger charge is 2.27. The highest BCUT2D eigenvalue weighted by atomic mass is 32.2. The number of carbonyl (C=O) groups excluding carboxylic acids is 1. The van der Waals surface area contributed by atoms with Gasteiger partial charge in [-0.05, 0) is 48.7 Å². The lowest BCUT2D eigenvalue weighted by Gasteiger charge is -2.24. The SMILES string of the molecule is CCCC[C@@H](CC)CNC(=O)CN(c1ccccc1)S(=O)(=O)c1ccc(F)cc1. The molecular formula is C22H29FN2O3S. The molecule has 0 radical (unpaired) electrons. The third-order valence-electron chi connectivity index (χ3n) is 4.86. The summed E-state index contributed by atoms with van der Waals surface area (Å²) in [6.45, 7) is 4.40. The maximum Gasteiger partial charge on any atom is 0.264 e. The maximum atomic E-state index is 13.2. The zero-order chi connectivity index (χ0) is 21.3. The Morgan fingerprint density at radius 3 is 2.31 bits per heavy atom. The van der Waals surface area contributed by atoms with Crippen LogP contribution in [-0.4, -0.2) is 27.4 Å². The summed E-state index contributed by atoms with van der Waals surface area (Å²) < 4.78 is 40.6. The van der Waals surface area contributed by atoms with E-state index < -0.39 is 15.8 Å². The molecule has 158 valence electrons. The van der Waals surface area contributed by atoms with Crippen LogP contribution in [0.2, 0.25) is 0 Å². The smallest absolute Gasteiger partial charge is 0.264 e. The second kappa shape index (κ2) is 11.0. The van der Waals surface area contributed by atoms with Gasteiger partial charge in [-0.3, -0.25) is 9.10 Å². The number of hydrogen-bond donors (Lipinski definition) is 1. The third-order valence-corrected chi connectivity index (χ3v) is 6.65. The number of halogens is 1. The van der Waals surface area contributed by atoms with Gasteiger partial charge in [-0.15, -0.1) is 0 Å². The number of amides is 1. The normalized spacial score (nSPS) is 12.4. The molecule has 1 atom stereocenters. The number of benzene rings is 2. The summed E-state index contributed by atoms with van der Waals surface area (Å²) in [6, 6.07) is 13.0. The van der Waals surface area contributed by atoms with E-state index in [0.29, 0.717) is 18.2 Å². The minimum Gasteiger partial charge on any atom is -0.354 e. The first-order valence-electron chi connectivity index (χ1n) is 9.98. The predicted octanol–water partition coefficient (Wildman–Crippen LogP) is 4.35. The standard InChI is InChI=1S/C22H29FN2O3S/c1-3-5-9-18(4-2)16-24-22(26)17-25(20-10-7-6-8-11-20)29(27,28)21-14-12-19(23)13-15-21/h6-8,10-15,18H,3-5,9,16-17H2,1-2H3,(H,24,26)/t18-/m1/s1. The highest BCUT2D eigenvalue weighted by molar-refractivity contribution is 7.92. The number of carbonyl (C=O) groups is 1. The average molecular weight is 421 g/mol. The molecule has 0 spiro atoms. The molecule has 29 heavy (non-hydrogen) atoms. The van der Waals surface area contributed by atoms with Crippen molar-refractivity contribution in [3.63, 3.8) is 0 Å². The van der Waals surface area contributed by atoms with Crippen LogP contribution in [-0.2, 0) is 14.8 Å². The van der Waals surface area contributed by atoms with E-state index in [-0.39, 0.29) is 17.3 Å². The first kappa shape index (κ1) is 22.9. The molecule has 0 saturated carbocycles. The summed E-state index contributed by atoms with van der Waals surface area (Å²) in [7, 11) is -4.02. The van der Waals surface area contributed by atoms with Crippen molar-refractivity contribution in [2.24, 2.45) is 5.92 Å². The Kier molecular flexibility index (Phi) is 8.64. The molecule has 0 aliphatic rings. The Hall–Kier alpha value is -2.41. The van der Waals surface area contributed by atoms with Crippen molar-refractivity contribution in [2.45, 2.75) is 44.4 Å². The Bertz CT molecular complexity index is 871. The number of para-hydroxylation sites is 1. The monoisotopic (exact) mass is 420 g/mol. The number of sulfonamides is 1. The first-order valence-corrected chi connectivity index (χ1v) is 11.4. The Morgan fingerprint density at radius 1 is 1.07 bits per heavy atom. The largest absolute Gasteiger partial charge is 0.354 e. The number of anilines is 1. The minimum atomic E-state index is -4.02. The molecule has 7 heteroatoms. The van der Waals surface area contributed by atoms with Gasteiger partial charge in [-0.2, -0.15) is 0 Å². The molecule has 0 fully saturated rings. The molecule has 0 aliphatic carbocycles. The van der Waals surface area contributed by atoms with Crippen molar-refractivity contribution in [1.29, 1.82) is 0 Å². The van der Waals surface area contributed by atoms with Crippen LogP contribution < -0.4 is 9.62 Å². The van der Waals surface area contributed by atoms with E-state index in [0.717, 1.165) is 42.1 Å². The van der Waals surface area contributed by atoms with Crippen molar-refractivity contribution < 1.29 is 17.6 Å². The number of hydrogen-bond acceptors (Lipinski definition) is 3. The van der Waals surface area contributed by atoms with E-state index in [1.165, 1.54) is 12.1 Å². The van der Waals surface area contributed by atoms with Gasteiger partial charge in [0.05, 0.1) is 10.6 Å². The second-order valence-corrected chi connectivity index (χ2v) is 8.88. The van der Waals surface area contributed by atoms with Crippen LogP contribution in [0.1, 0.15) is 39.5 Å². The fourth-order valence-corrected chi connectivity index (χ4v) is 4.45. The third kappa shape index (κ3) is 6.56. The maximum absolute atomic E-state index is 13.2. The number of unbranched alkanes of at least 4 members (excludes halogenated alkanes) is 1. The molecule has 5 nitrogen and oxygen atoms in total. The summed E-state index contributed by atoms with van der Waals surface area (Å²) in [4.78, 5) is 12.5. The van der Waals surface area contributed by atoms with Gasteiger partial charge in [0.1, 0.15) is 12.4 Å². The first-order chi connectivity index (χ1) is 13.9. The quantitative estimate of drug-likeness (QED) is 0.588. The minimum absolute atomic E-state index is 0.0649. The Morgan fingerprint density at radius 2 is 1.72 bits per heavy atom. The average Bonchev–Trinajstić information content (AvgIpc) is 2.73. The van der Waals surface area contributed by atoms with Gasteiger partial charge in [-0.1, -0.05) is 51.3 Å². The zero-order valence-electron chi connectivity index (χ0n) is 17.0. The van der Waals surface area contributed by atoms with Crippen molar-refractivity contribution in [3.8, 4) is 0 Å². The topological polar surface area (TPSA) is 66.5 Å². The molecule has 0 aliphatic heterocycles. The summed E-state index contributed by atoms with van der Waals surface area (Å²) in [5, 5.41) is 2.87. The van der Waals surface area contributed by atoms with Gasteiger partial charge in [0.25, 0.3) is 10.0 Å². The Labute approximate surface area is 173 Å². The van der Waals surface area contributed by atoms with Crippen LogP contribution in [0.15, 0.2) is 59.5 Å². The van der Waals surface area contributed by atoms with Gasteiger partial charge in [0.15, 0.2) is 0 Å². The van der Waals surface area contributed by atoms with E-state index in [4.69, 9.17) is 0 Å². The fraction of sp³-hybridized carbons (Fsp3) is 0.409. The van der Waals surface area contributed by atoms with Gasteiger partial charge >= 0.3 is 0 Å². The van der Waals surface area contributed by atoms with Gasteiger partial charge in [0.2, 0.25) is 5.91 Å². The lowest BCUT2D eigenvalue weighted by molar-refractivity contribution is -0.119. The van der Waals surface area contributed by atoms with Crippen LogP contribution in [0.25, 0.3) is 0 Å². The van der Waals surface area contributed by atoms with Crippen molar-refractivity contribution >= 4 is 21.6 Å². The summed E-state index contributed by atoms with van der Waals surface area (Å²) in [6.07, 6.45) is 4.19. The molecule has 1 N–H and O–H groups in total. The molecule has 1 amide bonds. The van der Waals surface area contributed by atoms with Gasteiger partial charge in [-0.25, -0.2) is 12.8 Å². The second-order valence-electron chi connectivity index (χ2n) is 7.02. The van der Waals surface area contributed by atoms with E-state index in [1.54, 1.807) is 30.3 Å². The lowest BCUT2D eigenvalue weighted by atomic mass is 9.99. The molecule has 2 rings (SSSR count). The number of nitrogens with zero attached hydrogens (tertiary/aromatic N) is 1. The van der Waals surface area contributed by atoms with E-state index >= 15 is 0 Å². The van der Waals surface area contributed by atoms with Crippen LogP contribution in [0, 0.1) is 11.7 Å². The van der Waals surface area contributed by atoms with Crippen LogP contribution >= 0.6 is 0 Å². The van der Waals surface area contributed by atoms with Crippen molar-refractivity contribution in [3.05, 3.63) is 60.4 Å². The molecule has 0 saturated heterocycles. The molecule has 2 aromatic carbocycles. The molecule has 0 bridgehead atoms. The summed E-state index contributed by atoms with van der Waals surface area (Å²) in [5.74, 6) is -0.516. The van der Waals surface area contributed by atoms with Crippen LogP contribution in [0.4, 0.5) is 10.1 Å². The molecule has 0 unspecified atom stereocenters. The van der Waals surface area contributed by atoms with Crippen LogP contribution in [0.5, 0.6) is 0 Å². The lowest BCUT2D eigenvalue weighted by Crippen LogP contribution is -2.42. The van der Waals surface area contributed by atoms with E-state index in [1.807, 2.05) is 0 Å².